The van der Waals surface area contributed by atoms with Gasteiger partial charge in [0.2, 0.25) is 0 Å². The first-order valence-corrected chi connectivity index (χ1v) is 10.3. The van der Waals surface area contributed by atoms with Gasteiger partial charge in [-0.05, 0) is 37.5 Å². The molecule has 2 N–H and O–H groups in total. The fraction of sp³-hybridized carbons (Fsp3) is 0.550. The third-order valence-corrected chi connectivity index (χ3v) is 5.09. The number of aliphatic imine (C=N–C) groups is 1. The predicted octanol–water partition coefficient (Wildman–Crippen LogP) is 2.80. The van der Waals surface area contributed by atoms with Crippen molar-refractivity contribution in [3.63, 3.8) is 0 Å². The quantitative estimate of drug-likeness (QED) is 0.522. The minimum Gasteiger partial charge on any atom is -0.376 e. The van der Waals surface area contributed by atoms with E-state index in [4.69, 9.17) is 21.3 Å². The largest absolute Gasteiger partial charge is 0.376 e. The van der Waals surface area contributed by atoms with Gasteiger partial charge in [-0.1, -0.05) is 30.7 Å². The van der Waals surface area contributed by atoms with Crippen LogP contribution in [0.5, 0.6) is 0 Å². The Morgan fingerprint density at radius 2 is 2.36 bits per heavy atom. The molecule has 0 amide bonds. The second-order valence-corrected chi connectivity index (χ2v) is 7.44. The molecule has 3 rings (SSSR count). The number of benzene rings is 1. The van der Waals surface area contributed by atoms with Crippen molar-refractivity contribution < 1.29 is 4.74 Å². The summed E-state index contributed by atoms with van der Waals surface area (Å²) in [6.07, 6.45) is 5.06. The lowest BCUT2D eigenvalue weighted by molar-refractivity contribution is 0.0890. The van der Waals surface area contributed by atoms with E-state index in [1.807, 2.05) is 24.3 Å². The zero-order valence-corrected chi connectivity index (χ0v) is 17.3. The molecule has 28 heavy (non-hydrogen) atoms. The van der Waals surface area contributed by atoms with Crippen molar-refractivity contribution in [2.75, 3.05) is 13.2 Å². The number of rotatable bonds is 8. The average molecular weight is 405 g/mol. The second-order valence-electron chi connectivity index (χ2n) is 7.00. The molecule has 2 atom stereocenters. The fourth-order valence-corrected chi connectivity index (χ4v) is 3.51. The Bertz CT molecular complexity index is 772. The normalized spacial score (nSPS) is 18.2. The summed E-state index contributed by atoms with van der Waals surface area (Å²) in [4.78, 5) is 4.75. The maximum atomic E-state index is 6.09. The van der Waals surface area contributed by atoms with Gasteiger partial charge in [0.05, 0.1) is 18.7 Å². The highest BCUT2D eigenvalue weighted by molar-refractivity contribution is 6.30. The van der Waals surface area contributed by atoms with Gasteiger partial charge in [0.15, 0.2) is 5.96 Å². The lowest BCUT2D eigenvalue weighted by atomic mass is 10.1. The van der Waals surface area contributed by atoms with Gasteiger partial charge in [-0.15, -0.1) is 10.2 Å². The van der Waals surface area contributed by atoms with Crippen LogP contribution in [0.1, 0.15) is 38.1 Å². The molecule has 0 aliphatic carbocycles. The number of hydrogen-bond acceptors (Lipinski definition) is 4. The van der Waals surface area contributed by atoms with E-state index in [2.05, 4.69) is 39.2 Å². The number of halogens is 1. The van der Waals surface area contributed by atoms with E-state index in [1.54, 1.807) is 6.33 Å². The summed E-state index contributed by atoms with van der Waals surface area (Å²) in [5, 5.41) is 15.8. The third kappa shape index (κ3) is 5.94. The molecule has 1 saturated heterocycles. The summed E-state index contributed by atoms with van der Waals surface area (Å²) < 4.78 is 7.87. The Morgan fingerprint density at radius 3 is 3.11 bits per heavy atom. The van der Waals surface area contributed by atoms with Crippen molar-refractivity contribution in [1.29, 1.82) is 0 Å². The molecule has 1 aromatic carbocycles. The zero-order chi connectivity index (χ0) is 19.8. The Hall–Kier alpha value is -2.12. The van der Waals surface area contributed by atoms with E-state index >= 15 is 0 Å². The average Bonchev–Trinajstić information content (AvgIpc) is 3.37. The van der Waals surface area contributed by atoms with Crippen LogP contribution in [-0.4, -0.2) is 46.0 Å². The Morgan fingerprint density at radius 1 is 1.46 bits per heavy atom. The van der Waals surface area contributed by atoms with Gasteiger partial charge >= 0.3 is 0 Å². The molecule has 8 heteroatoms. The van der Waals surface area contributed by atoms with E-state index in [-0.39, 0.29) is 12.1 Å². The number of ether oxygens (including phenoxy) is 1. The molecule has 152 valence electrons. The maximum absolute atomic E-state index is 6.09. The number of hydrogen-bond donors (Lipinski definition) is 2. The molecule has 1 aliphatic heterocycles. The number of aromatic nitrogens is 3. The second kappa shape index (κ2) is 10.4. The molecule has 1 fully saturated rings. The van der Waals surface area contributed by atoms with Crippen molar-refractivity contribution in [3.8, 4) is 0 Å². The molecule has 0 spiro atoms. The third-order valence-electron chi connectivity index (χ3n) is 4.85. The maximum Gasteiger partial charge on any atom is 0.191 e. The molecular weight excluding hydrogens is 376 g/mol. The molecule has 0 radical (unpaired) electrons. The lowest BCUT2D eigenvalue weighted by Gasteiger charge is -2.23. The SMILES string of the molecule is CCc1nncn1CCNC(=NCc1cccc(Cl)c1)NC(C)C1CCCO1. The first kappa shape index (κ1) is 20.6. The van der Waals surface area contributed by atoms with Crippen molar-refractivity contribution >= 4 is 17.6 Å². The first-order chi connectivity index (χ1) is 13.7. The molecule has 2 aromatic rings. The van der Waals surface area contributed by atoms with Gasteiger partial charge in [0, 0.05) is 31.1 Å². The van der Waals surface area contributed by atoms with E-state index in [0.29, 0.717) is 6.54 Å². The van der Waals surface area contributed by atoms with Gasteiger partial charge in [0.25, 0.3) is 0 Å². The standard InChI is InChI=1S/C20H29ClN6O/c1-3-19-26-24-14-27(19)10-9-22-20(25-15(2)18-8-5-11-28-18)23-13-16-6-4-7-17(21)12-16/h4,6-7,12,14-15,18H,3,5,8-11,13H2,1-2H3,(H2,22,23,25). The van der Waals surface area contributed by atoms with Crippen LogP contribution in [-0.2, 0) is 24.2 Å². The van der Waals surface area contributed by atoms with Crippen LogP contribution in [0.25, 0.3) is 0 Å². The zero-order valence-electron chi connectivity index (χ0n) is 16.6. The lowest BCUT2D eigenvalue weighted by Crippen LogP contribution is -2.47. The topological polar surface area (TPSA) is 76.4 Å². The van der Waals surface area contributed by atoms with E-state index in [9.17, 15) is 0 Å². The minimum atomic E-state index is 0.189. The van der Waals surface area contributed by atoms with Gasteiger partial charge in [0.1, 0.15) is 12.2 Å². The van der Waals surface area contributed by atoms with E-state index < -0.39 is 0 Å². The van der Waals surface area contributed by atoms with Crippen LogP contribution in [0, 0.1) is 0 Å². The highest BCUT2D eigenvalue weighted by Crippen LogP contribution is 2.15. The van der Waals surface area contributed by atoms with Crippen molar-refractivity contribution in [2.24, 2.45) is 4.99 Å². The van der Waals surface area contributed by atoms with E-state index in [0.717, 1.165) is 61.3 Å². The number of aryl methyl sites for hydroxylation is 1. The Kier molecular flexibility index (Phi) is 7.68. The Balaban J connectivity index is 1.61. The number of nitrogens with zero attached hydrogens (tertiary/aromatic N) is 4. The molecule has 7 nitrogen and oxygen atoms in total. The summed E-state index contributed by atoms with van der Waals surface area (Å²) in [6, 6.07) is 7.98. The summed E-state index contributed by atoms with van der Waals surface area (Å²) in [6.45, 7) is 7.12. The first-order valence-electron chi connectivity index (χ1n) is 9.93. The summed E-state index contributed by atoms with van der Waals surface area (Å²) >= 11 is 6.09. The molecular formula is C20H29ClN6O. The van der Waals surface area contributed by atoms with Crippen molar-refractivity contribution in [1.82, 2.24) is 25.4 Å². The summed E-state index contributed by atoms with van der Waals surface area (Å²) in [5.74, 6) is 1.76. The molecule has 1 aliphatic rings. The van der Waals surface area contributed by atoms with Crippen molar-refractivity contribution in [3.05, 3.63) is 47.0 Å². The summed E-state index contributed by atoms with van der Waals surface area (Å²) in [7, 11) is 0. The fourth-order valence-electron chi connectivity index (χ4n) is 3.30. The van der Waals surface area contributed by atoms with Crippen LogP contribution in [0.4, 0.5) is 0 Å². The van der Waals surface area contributed by atoms with Crippen molar-refractivity contribution in [2.45, 2.75) is 58.3 Å². The highest BCUT2D eigenvalue weighted by atomic mass is 35.5. The minimum absolute atomic E-state index is 0.189. The summed E-state index contributed by atoms with van der Waals surface area (Å²) in [5.41, 5.74) is 1.07. The van der Waals surface area contributed by atoms with E-state index in [1.165, 1.54) is 0 Å². The van der Waals surface area contributed by atoms with Crippen LogP contribution >= 0.6 is 11.6 Å². The predicted molar refractivity (Wildman–Crippen MR) is 112 cm³/mol. The Labute approximate surface area is 171 Å². The molecule has 2 heterocycles. The molecule has 0 saturated carbocycles. The monoisotopic (exact) mass is 404 g/mol. The van der Waals surface area contributed by atoms with Gasteiger partial charge in [-0.2, -0.15) is 0 Å². The van der Waals surface area contributed by atoms with Gasteiger partial charge in [-0.3, -0.25) is 0 Å². The van der Waals surface area contributed by atoms with Crippen LogP contribution < -0.4 is 10.6 Å². The number of guanidine groups is 1. The van der Waals surface area contributed by atoms with Crippen LogP contribution in [0.3, 0.4) is 0 Å². The molecule has 0 bridgehead atoms. The smallest absolute Gasteiger partial charge is 0.191 e. The number of nitrogens with one attached hydrogen (secondary N) is 2. The van der Waals surface area contributed by atoms with Crippen LogP contribution in [0.2, 0.25) is 5.02 Å². The van der Waals surface area contributed by atoms with Gasteiger partial charge < -0.3 is 19.9 Å². The highest BCUT2D eigenvalue weighted by Gasteiger charge is 2.23. The van der Waals surface area contributed by atoms with Crippen LogP contribution in [0.15, 0.2) is 35.6 Å². The molecule has 2 unspecified atom stereocenters. The molecule has 1 aromatic heterocycles. The van der Waals surface area contributed by atoms with Gasteiger partial charge in [-0.25, -0.2) is 4.99 Å².